The molecule has 3 nitrogen and oxygen atoms in total. The fourth-order valence-electron chi connectivity index (χ4n) is 1.56. The molecule has 0 N–H and O–H groups in total. The lowest BCUT2D eigenvalue weighted by molar-refractivity contribution is 0.111. The molecule has 0 fully saturated rings. The molecule has 0 aliphatic heterocycles. The van der Waals surface area contributed by atoms with Crippen LogP contribution in [0.5, 0.6) is 0 Å². The summed E-state index contributed by atoms with van der Waals surface area (Å²) in [5.74, 6) is 0. The molecule has 0 spiro atoms. The summed E-state index contributed by atoms with van der Waals surface area (Å²) in [6.07, 6.45) is 2.70. The zero-order chi connectivity index (χ0) is 11.4. The molecular weight excluding hydrogens is 200 g/mol. The third-order valence-corrected chi connectivity index (χ3v) is 2.42. The van der Waals surface area contributed by atoms with Crippen molar-refractivity contribution < 1.29 is 4.79 Å². The van der Waals surface area contributed by atoms with Gasteiger partial charge >= 0.3 is 0 Å². The van der Waals surface area contributed by atoms with E-state index in [1.165, 1.54) is 0 Å². The number of benzene rings is 1. The van der Waals surface area contributed by atoms with Gasteiger partial charge in [0.25, 0.3) is 0 Å². The first-order valence-electron chi connectivity index (χ1n) is 4.93. The number of nitriles is 1. The van der Waals surface area contributed by atoms with Gasteiger partial charge in [-0.1, -0.05) is 12.1 Å². The Kier molecular flexibility index (Phi) is 2.84. The molecule has 0 saturated carbocycles. The first-order chi connectivity index (χ1) is 7.83. The molecule has 0 aliphatic carbocycles. The molecule has 2 aromatic rings. The van der Waals surface area contributed by atoms with Gasteiger partial charge in [-0.05, 0) is 29.8 Å². The van der Waals surface area contributed by atoms with Gasteiger partial charge in [-0.15, -0.1) is 0 Å². The van der Waals surface area contributed by atoms with Gasteiger partial charge in [0, 0.05) is 12.7 Å². The smallest absolute Gasteiger partial charge is 0.166 e. The quantitative estimate of drug-likeness (QED) is 0.729. The Morgan fingerprint density at radius 2 is 2.00 bits per heavy atom. The number of carbonyl (C=O) groups is 1. The minimum absolute atomic E-state index is 0.645. The van der Waals surface area contributed by atoms with E-state index in [9.17, 15) is 4.79 Å². The third kappa shape index (κ3) is 2.01. The lowest BCUT2D eigenvalue weighted by atomic mass is 10.1. The Morgan fingerprint density at radius 3 is 2.62 bits per heavy atom. The number of aromatic nitrogens is 1. The lowest BCUT2D eigenvalue weighted by Gasteiger charge is -2.05. The van der Waals surface area contributed by atoms with Crippen LogP contribution in [0, 0.1) is 11.3 Å². The normalized spacial score (nSPS) is 9.69. The highest BCUT2D eigenvalue weighted by Crippen LogP contribution is 2.08. The highest BCUT2D eigenvalue weighted by molar-refractivity contribution is 5.72. The fraction of sp³-hybridized carbons (Fsp3) is 0.0769. The SMILES string of the molecule is N#Cc1ccc(Cn2cccc2C=O)cc1. The Labute approximate surface area is 93.6 Å². The Hall–Kier alpha value is -2.34. The van der Waals surface area contributed by atoms with E-state index in [0.717, 1.165) is 11.8 Å². The molecular formula is C13H10N2O. The van der Waals surface area contributed by atoms with E-state index >= 15 is 0 Å². The van der Waals surface area contributed by atoms with Crippen molar-refractivity contribution in [3.8, 4) is 6.07 Å². The maximum absolute atomic E-state index is 10.7. The first kappa shape index (κ1) is 10.2. The summed E-state index contributed by atoms with van der Waals surface area (Å²) < 4.78 is 1.87. The highest BCUT2D eigenvalue weighted by Gasteiger charge is 2.00. The first-order valence-corrected chi connectivity index (χ1v) is 4.93. The minimum atomic E-state index is 0.645. The number of hydrogen-bond acceptors (Lipinski definition) is 2. The molecule has 0 amide bonds. The second-order valence-electron chi connectivity index (χ2n) is 3.49. The third-order valence-electron chi connectivity index (χ3n) is 2.42. The molecule has 0 saturated heterocycles. The maximum Gasteiger partial charge on any atom is 0.166 e. The number of nitrogens with zero attached hydrogens (tertiary/aromatic N) is 2. The Balaban J connectivity index is 2.21. The van der Waals surface area contributed by atoms with Gasteiger partial charge in [-0.2, -0.15) is 5.26 Å². The standard InChI is InChI=1S/C13H10N2O/c14-8-11-3-5-12(6-4-11)9-15-7-1-2-13(15)10-16/h1-7,10H,9H2. The molecule has 0 atom stereocenters. The number of aldehydes is 1. The summed E-state index contributed by atoms with van der Waals surface area (Å²) in [5, 5.41) is 8.67. The van der Waals surface area contributed by atoms with E-state index in [0.29, 0.717) is 17.8 Å². The largest absolute Gasteiger partial charge is 0.341 e. The molecule has 16 heavy (non-hydrogen) atoms. The van der Waals surface area contributed by atoms with Crippen molar-refractivity contribution in [1.29, 1.82) is 5.26 Å². The van der Waals surface area contributed by atoms with Gasteiger partial charge in [0.1, 0.15) is 0 Å². The number of carbonyl (C=O) groups excluding carboxylic acids is 1. The number of hydrogen-bond donors (Lipinski definition) is 0. The molecule has 1 aromatic carbocycles. The van der Waals surface area contributed by atoms with Gasteiger partial charge in [-0.25, -0.2) is 0 Å². The Morgan fingerprint density at radius 1 is 1.25 bits per heavy atom. The van der Waals surface area contributed by atoms with E-state index in [4.69, 9.17) is 5.26 Å². The zero-order valence-corrected chi connectivity index (χ0v) is 8.63. The molecule has 78 valence electrons. The molecule has 0 unspecified atom stereocenters. The summed E-state index contributed by atoms with van der Waals surface area (Å²) in [7, 11) is 0. The van der Waals surface area contributed by atoms with Crippen LogP contribution in [-0.4, -0.2) is 10.9 Å². The molecule has 3 heteroatoms. The van der Waals surface area contributed by atoms with Crippen molar-refractivity contribution >= 4 is 6.29 Å². The molecule has 1 aromatic heterocycles. The summed E-state index contributed by atoms with van der Waals surface area (Å²) in [6, 6.07) is 13.0. The predicted molar refractivity (Wildman–Crippen MR) is 60.1 cm³/mol. The Bertz CT molecular complexity index is 532. The summed E-state index contributed by atoms with van der Waals surface area (Å²) >= 11 is 0. The van der Waals surface area contributed by atoms with Crippen LogP contribution in [0.2, 0.25) is 0 Å². The van der Waals surface area contributed by atoms with Crippen molar-refractivity contribution in [2.45, 2.75) is 6.54 Å². The van der Waals surface area contributed by atoms with E-state index in [2.05, 4.69) is 6.07 Å². The monoisotopic (exact) mass is 210 g/mol. The van der Waals surface area contributed by atoms with Gasteiger partial charge in [0.15, 0.2) is 6.29 Å². The minimum Gasteiger partial charge on any atom is -0.341 e. The van der Waals surface area contributed by atoms with Crippen LogP contribution in [0.25, 0.3) is 0 Å². The van der Waals surface area contributed by atoms with E-state index < -0.39 is 0 Å². The lowest BCUT2D eigenvalue weighted by Crippen LogP contribution is -2.01. The second kappa shape index (κ2) is 4.45. The molecule has 0 aliphatic rings. The molecule has 0 bridgehead atoms. The van der Waals surface area contributed by atoms with E-state index in [1.807, 2.05) is 29.0 Å². The van der Waals surface area contributed by atoms with Crippen LogP contribution in [0.15, 0.2) is 42.6 Å². The van der Waals surface area contributed by atoms with Crippen molar-refractivity contribution in [3.63, 3.8) is 0 Å². The topological polar surface area (TPSA) is 45.8 Å². The van der Waals surface area contributed by atoms with Crippen LogP contribution < -0.4 is 0 Å². The van der Waals surface area contributed by atoms with Crippen LogP contribution in [0.3, 0.4) is 0 Å². The zero-order valence-electron chi connectivity index (χ0n) is 8.63. The van der Waals surface area contributed by atoms with E-state index in [1.54, 1.807) is 18.2 Å². The van der Waals surface area contributed by atoms with Crippen molar-refractivity contribution in [2.75, 3.05) is 0 Å². The van der Waals surface area contributed by atoms with E-state index in [-0.39, 0.29) is 0 Å². The molecule has 0 radical (unpaired) electrons. The molecule has 2 rings (SSSR count). The van der Waals surface area contributed by atoms with Crippen LogP contribution >= 0.6 is 0 Å². The summed E-state index contributed by atoms with van der Waals surface area (Å²) in [5.41, 5.74) is 2.37. The molecule has 1 heterocycles. The van der Waals surface area contributed by atoms with Gasteiger partial charge in [0.2, 0.25) is 0 Å². The van der Waals surface area contributed by atoms with Crippen molar-refractivity contribution in [1.82, 2.24) is 4.57 Å². The average Bonchev–Trinajstić information content (AvgIpc) is 2.77. The van der Waals surface area contributed by atoms with Gasteiger partial charge in [0.05, 0.1) is 17.3 Å². The van der Waals surface area contributed by atoms with Crippen molar-refractivity contribution in [2.24, 2.45) is 0 Å². The summed E-state index contributed by atoms with van der Waals surface area (Å²) in [6.45, 7) is 0.646. The number of rotatable bonds is 3. The maximum atomic E-state index is 10.7. The van der Waals surface area contributed by atoms with Crippen LogP contribution in [0.1, 0.15) is 21.6 Å². The van der Waals surface area contributed by atoms with Gasteiger partial charge < -0.3 is 4.57 Å². The highest BCUT2D eigenvalue weighted by atomic mass is 16.1. The fourth-order valence-corrected chi connectivity index (χ4v) is 1.56. The van der Waals surface area contributed by atoms with Crippen LogP contribution in [-0.2, 0) is 6.54 Å². The van der Waals surface area contributed by atoms with Crippen LogP contribution in [0.4, 0.5) is 0 Å². The predicted octanol–water partition coefficient (Wildman–Crippen LogP) is 2.22. The van der Waals surface area contributed by atoms with Crippen molar-refractivity contribution in [3.05, 3.63) is 59.4 Å². The second-order valence-corrected chi connectivity index (χ2v) is 3.49. The average molecular weight is 210 g/mol. The van der Waals surface area contributed by atoms with Gasteiger partial charge in [-0.3, -0.25) is 4.79 Å². The summed E-state index contributed by atoms with van der Waals surface area (Å²) in [4.78, 5) is 10.7.